The van der Waals surface area contributed by atoms with E-state index in [1.807, 2.05) is 6.07 Å². The first kappa shape index (κ1) is 15.7. The molecule has 0 aliphatic carbocycles. The van der Waals surface area contributed by atoms with E-state index in [0.717, 1.165) is 0 Å². The van der Waals surface area contributed by atoms with Crippen LogP contribution in [0.3, 0.4) is 0 Å². The maximum atomic E-state index is 13.0. The van der Waals surface area contributed by atoms with Gasteiger partial charge in [-0.05, 0) is 17.7 Å². The van der Waals surface area contributed by atoms with E-state index in [4.69, 9.17) is 5.26 Å². The van der Waals surface area contributed by atoms with E-state index in [1.54, 1.807) is 54.6 Å². The van der Waals surface area contributed by atoms with Crippen LogP contribution in [0.5, 0.6) is 0 Å². The van der Waals surface area contributed by atoms with Crippen LogP contribution in [0, 0.1) is 11.3 Å². The minimum absolute atomic E-state index is 0.197. The van der Waals surface area contributed by atoms with Crippen LogP contribution in [-0.2, 0) is 6.18 Å². The van der Waals surface area contributed by atoms with Crippen molar-refractivity contribution in [1.29, 1.82) is 5.26 Å². The molecule has 118 valence electrons. The highest BCUT2D eigenvalue weighted by molar-refractivity contribution is 5.80. The van der Waals surface area contributed by atoms with Gasteiger partial charge in [0.05, 0.1) is 17.3 Å². The summed E-state index contributed by atoms with van der Waals surface area (Å²) in [7, 11) is 0. The molecule has 0 atom stereocenters. The highest BCUT2D eigenvalue weighted by Crippen LogP contribution is 2.33. The van der Waals surface area contributed by atoms with Gasteiger partial charge in [-0.3, -0.25) is 0 Å². The van der Waals surface area contributed by atoms with Gasteiger partial charge < -0.3 is 0 Å². The van der Waals surface area contributed by atoms with E-state index in [0.29, 0.717) is 22.3 Å². The van der Waals surface area contributed by atoms with E-state index in [-0.39, 0.29) is 5.69 Å². The lowest BCUT2D eigenvalue weighted by molar-refractivity contribution is -0.144. The van der Waals surface area contributed by atoms with Gasteiger partial charge in [-0.1, -0.05) is 42.5 Å². The zero-order valence-electron chi connectivity index (χ0n) is 12.2. The summed E-state index contributed by atoms with van der Waals surface area (Å²) in [5.41, 5.74) is 2.33. The molecule has 3 aromatic rings. The Labute approximate surface area is 136 Å². The zero-order chi connectivity index (χ0) is 17.2. The molecule has 0 saturated carbocycles. The second-order valence-corrected chi connectivity index (χ2v) is 5.01. The molecule has 0 N–H and O–H groups in total. The van der Waals surface area contributed by atoms with Gasteiger partial charge in [0.25, 0.3) is 0 Å². The summed E-state index contributed by atoms with van der Waals surface area (Å²) in [6.07, 6.45) is -3.45. The Morgan fingerprint density at radius 2 is 1.54 bits per heavy atom. The van der Waals surface area contributed by atoms with Crippen LogP contribution in [0.2, 0.25) is 0 Å². The van der Waals surface area contributed by atoms with Gasteiger partial charge in [0.15, 0.2) is 0 Å². The molecule has 0 saturated heterocycles. The first-order chi connectivity index (χ1) is 11.5. The fourth-order valence-corrected chi connectivity index (χ4v) is 2.27. The molecule has 0 aliphatic rings. The van der Waals surface area contributed by atoms with Gasteiger partial charge in [0.2, 0.25) is 5.82 Å². The van der Waals surface area contributed by atoms with Gasteiger partial charge in [-0.2, -0.15) is 18.4 Å². The topological polar surface area (TPSA) is 49.6 Å². The summed E-state index contributed by atoms with van der Waals surface area (Å²) in [6, 6.07) is 17.1. The minimum atomic E-state index is -4.62. The van der Waals surface area contributed by atoms with Crippen LogP contribution in [0.25, 0.3) is 22.4 Å². The van der Waals surface area contributed by atoms with Crippen molar-refractivity contribution < 1.29 is 13.2 Å². The predicted octanol–water partition coefficient (Wildman–Crippen LogP) is 4.70. The normalized spacial score (nSPS) is 11.1. The Bertz CT molecular complexity index is 896. The lowest BCUT2D eigenvalue weighted by Gasteiger charge is -2.12. The first-order valence-electron chi connectivity index (χ1n) is 6.99. The molecule has 0 unspecified atom stereocenters. The second-order valence-electron chi connectivity index (χ2n) is 5.01. The second kappa shape index (κ2) is 6.13. The van der Waals surface area contributed by atoms with Crippen molar-refractivity contribution in [3.8, 4) is 28.5 Å². The summed E-state index contributed by atoms with van der Waals surface area (Å²) in [5.74, 6) is -1.18. The van der Waals surface area contributed by atoms with Crippen LogP contribution >= 0.6 is 0 Å². The molecule has 6 heteroatoms. The number of hydrogen-bond donors (Lipinski definition) is 0. The Hall–Kier alpha value is -3.20. The van der Waals surface area contributed by atoms with E-state index in [1.165, 1.54) is 6.20 Å². The molecule has 0 spiro atoms. The number of aromatic nitrogens is 2. The summed E-state index contributed by atoms with van der Waals surface area (Å²) < 4.78 is 38.9. The van der Waals surface area contributed by atoms with Gasteiger partial charge >= 0.3 is 6.18 Å². The monoisotopic (exact) mass is 325 g/mol. The smallest absolute Gasteiger partial charge is 0.232 e. The molecule has 0 fully saturated rings. The molecule has 1 aromatic heterocycles. The molecule has 0 amide bonds. The average molecular weight is 325 g/mol. The molecular formula is C18H10F3N3. The number of alkyl halides is 3. The third-order valence-electron chi connectivity index (χ3n) is 3.41. The molecule has 2 aromatic carbocycles. The van der Waals surface area contributed by atoms with Crippen molar-refractivity contribution in [3.05, 3.63) is 72.2 Å². The van der Waals surface area contributed by atoms with Crippen molar-refractivity contribution in [2.75, 3.05) is 0 Å². The van der Waals surface area contributed by atoms with E-state index in [9.17, 15) is 13.2 Å². The summed E-state index contributed by atoms with van der Waals surface area (Å²) in [5, 5.41) is 8.86. The lowest BCUT2D eigenvalue weighted by atomic mass is 10.00. The highest BCUT2D eigenvalue weighted by Gasteiger charge is 2.35. The van der Waals surface area contributed by atoms with Crippen LogP contribution in [0.1, 0.15) is 11.4 Å². The fraction of sp³-hybridized carbons (Fsp3) is 0.0556. The average Bonchev–Trinajstić information content (AvgIpc) is 2.61. The van der Waals surface area contributed by atoms with Crippen LogP contribution < -0.4 is 0 Å². The maximum absolute atomic E-state index is 13.0. The van der Waals surface area contributed by atoms with Gasteiger partial charge in [0, 0.05) is 17.3 Å². The van der Waals surface area contributed by atoms with Gasteiger partial charge in [-0.15, -0.1) is 0 Å². The van der Waals surface area contributed by atoms with E-state index in [2.05, 4.69) is 9.97 Å². The highest BCUT2D eigenvalue weighted by atomic mass is 19.4. The van der Waals surface area contributed by atoms with Crippen molar-refractivity contribution in [2.24, 2.45) is 0 Å². The third-order valence-corrected chi connectivity index (χ3v) is 3.41. The minimum Gasteiger partial charge on any atom is -0.232 e. The molecule has 0 aliphatic heterocycles. The summed E-state index contributed by atoms with van der Waals surface area (Å²) in [6.45, 7) is 0. The van der Waals surface area contributed by atoms with Crippen molar-refractivity contribution >= 4 is 0 Å². The number of hydrogen-bond acceptors (Lipinski definition) is 3. The van der Waals surface area contributed by atoms with Crippen molar-refractivity contribution in [2.45, 2.75) is 6.18 Å². The van der Waals surface area contributed by atoms with Crippen LogP contribution in [-0.4, -0.2) is 9.97 Å². The van der Waals surface area contributed by atoms with E-state index < -0.39 is 12.0 Å². The predicted molar refractivity (Wildman–Crippen MR) is 82.6 cm³/mol. The summed E-state index contributed by atoms with van der Waals surface area (Å²) in [4.78, 5) is 7.19. The van der Waals surface area contributed by atoms with Crippen LogP contribution in [0.15, 0.2) is 60.8 Å². The Kier molecular flexibility index (Phi) is 4.00. The molecule has 3 rings (SSSR count). The standard InChI is InChI=1S/C18H10F3N3/c19-18(20,21)17-23-11-15(13-8-6-12(10-22)7-9-13)16(24-17)14-4-2-1-3-5-14/h1-9,11H. The SMILES string of the molecule is N#Cc1ccc(-c2cnc(C(F)(F)F)nc2-c2ccccc2)cc1. The lowest BCUT2D eigenvalue weighted by Crippen LogP contribution is -2.12. The molecule has 3 nitrogen and oxygen atoms in total. The maximum Gasteiger partial charge on any atom is 0.451 e. The molecule has 24 heavy (non-hydrogen) atoms. The van der Waals surface area contributed by atoms with Crippen LogP contribution in [0.4, 0.5) is 13.2 Å². The number of nitriles is 1. The third kappa shape index (κ3) is 3.10. The fourth-order valence-electron chi connectivity index (χ4n) is 2.27. The number of rotatable bonds is 2. The largest absolute Gasteiger partial charge is 0.451 e. The molecule has 1 heterocycles. The van der Waals surface area contributed by atoms with Crippen molar-refractivity contribution in [1.82, 2.24) is 9.97 Å². The summed E-state index contributed by atoms with van der Waals surface area (Å²) >= 11 is 0. The Balaban J connectivity index is 2.20. The Morgan fingerprint density at radius 3 is 2.12 bits per heavy atom. The number of nitrogens with zero attached hydrogens (tertiary/aromatic N) is 3. The molecular weight excluding hydrogens is 315 g/mol. The van der Waals surface area contributed by atoms with E-state index >= 15 is 0 Å². The quantitative estimate of drug-likeness (QED) is 0.686. The number of benzene rings is 2. The zero-order valence-corrected chi connectivity index (χ0v) is 12.2. The first-order valence-corrected chi connectivity index (χ1v) is 6.99. The van der Waals surface area contributed by atoms with Gasteiger partial charge in [0.1, 0.15) is 0 Å². The molecule has 0 radical (unpaired) electrons. The number of halogens is 3. The Morgan fingerprint density at radius 1 is 0.875 bits per heavy atom. The van der Waals surface area contributed by atoms with Crippen molar-refractivity contribution in [3.63, 3.8) is 0 Å². The van der Waals surface area contributed by atoms with Gasteiger partial charge in [-0.25, -0.2) is 9.97 Å². The molecule has 0 bridgehead atoms.